The highest BCUT2D eigenvalue weighted by molar-refractivity contribution is 5.79. The molecule has 1 saturated heterocycles. The van der Waals surface area contributed by atoms with E-state index in [1.165, 1.54) is 0 Å². The van der Waals surface area contributed by atoms with E-state index in [2.05, 4.69) is 20.8 Å². The van der Waals surface area contributed by atoms with E-state index in [1.807, 2.05) is 4.90 Å². The lowest BCUT2D eigenvalue weighted by Crippen LogP contribution is -2.33. The van der Waals surface area contributed by atoms with Crippen molar-refractivity contribution in [2.45, 2.75) is 33.2 Å². The highest BCUT2D eigenvalue weighted by Gasteiger charge is 2.28. The largest absolute Gasteiger partial charge is 0.341 e. The Balaban J connectivity index is 2.41. The van der Waals surface area contributed by atoms with Gasteiger partial charge in [0, 0.05) is 25.6 Å². The molecule has 1 rings (SSSR count). The number of carbonyl (C=O) groups is 1. The first-order valence-corrected chi connectivity index (χ1v) is 5.04. The summed E-state index contributed by atoms with van der Waals surface area (Å²) in [5, 5.41) is 0. The van der Waals surface area contributed by atoms with Crippen LogP contribution in [0.25, 0.3) is 0 Å². The minimum absolute atomic E-state index is 0.0619. The third kappa shape index (κ3) is 2.69. The molecule has 76 valence electrons. The summed E-state index contributed by atoms with van der Waals surface area (Å²) in [6.07, 6.45) is 0.533. The van der Waals surface area contributed by atoms with Gasteiger partial charge in [-0.3, -0.25) is 4.79 Å². The van der Waals surface area contributed by atoms with Gasteiger partial charge in [-0.15, -0.1) is 0 Å². The van der Waals surface area contributed by atoms with Crippen molar-refractivity contribution < 1.29 is 4.79 Å². The van der Waals surface area contributed by atoms with Crippen LogP contribution in [0.3, 0.4) is 0 Å². The molecule has 1 amide bonds. The van der Waals surface area contributed by atoms with Crippen LogP contribution in [0.15, 0.2) is 0 Å². The summed E-state index contributed by atoms with van der Waals surface area (Å²) in [6.45, 7) is 8.16. The maximum absolute atomic E-state index is 11.4. The molecule has 3 nitrogen and oxygen atoms in total. The van der Waals surface area contributed by atoms with Crippen LogP contribution in [0.2, 0.25) is 0 Å². The predicted molar refractivity (Wildman–Crippen MR) is 53.2 cm³/mol. The Morgan fingerprint density at radius 3 is 2.54 bits per heavy atom. The number of nitrogens with zero attached hydrogens (tertiary/aromatic N) is 1. The minimum atomic E-state index is 0.0619. The van der Waals surface area contributed by atoms with E-state index in [4.69, 9.17) is 5.73 Å². The molecular weight excluding hydrogens is 164 g/mol. The molecule has 0 bridgehead atoms. The first-order valence-electron chi connectivity index (χ1n) is 5.04. The second-order valence-corrected chi connectivity index (χ2v) is 4.48. The summed E-state index contributed by atoms with van der Waals surface area (Å²) in [4.78, 5) is 13.3. The number of likely N-dealkylation sites (tertiary alicyclic amines) is 1. The summed E-state index contributed by atoms with van der Waals surface area (Å²) < 4.78 is 0. The lowest BCUT2D eigenvalue weighted by atomic mass is 9.98. The molecule has 2 atom stereocenters. The van der Waals surface area contributed by atoms with Crippen LogP contribution in [0.5, 0.6) is 0 Å². The molecular formula is C10H20N2O. The molecule has 1 heterocycles. The molecule has 0 aromatic rings. The first-order chi connectivity index (χ1) is 6.00. The number of hydrogen-bond donors (Lipinski definition) is 1. The Labute approximate surface area is 80.3 Å². The lowest BCUT2D eigenvalue weighted by molar-refractivity contribution is -0.128. The van der Waals surface area contributed by atoms with Gasteiger partial charge in [-0.05, 0) is 11.8 Å². The Kier molecular flexibility index (Phi) is 3.31. The van der Waals surface area contributed by atoms with E-state index >= 15 is 0 Å². The molecule has 0 aliphatic carbocycles. The lowest BCUT2D eigenvalue weighted by Gasteiger charge is -2.23. The Morgan fingerprint density at radius 1 is 1.54 bits per heavy atom. The molecule has 1 aliphatic heterocycles. The Morgan fingerprint density at radius 2 is 2.15 bits per heavy atom. The van der Waals surface area contributed by atoms with Gasteiger partial charge in [0.2, 0.25) is 5.91 Å². The van der Waals surface area contributed by atoms with Crippen molar-refractivity contribution in [1.82, 2.24) is 4.90 Å². The SMILES string of the molecule is CC(C)C(C)CN1CC(N)CC1=O. The molecule has 1 aliphatic rings. The third-order valence-electron chi connectivity index (χ3n) is 2.89. The van der Waals surface area contributed by atoms with Gasteiger partial charge in [0.15, 0.2) is 0 Å². The van der Waals surface area contributed by atoms with Gasteiger partial charge in [-0.1, -0.05) is 20.8 Å². The van der Waals surface area contributed by atoms with Gasteiger partial charge in [0.25, 0.3) is 0 Å². The van der Waals surface area contributed by atoms with Crippen molar-refractivity contribution in [3.8, 4) is 0 Å². The van der Waals surface area contributed by atoms with Gasteiger partial charge in [0.05, 0.1) is 0 Å². The number of rotatable bonds is 3. The Bertz CT molecular complexity index is 191. The van der Waals surface area contributed by atoms with E-state index in [9.17, 15) is 4.79 Å². The molecule has 3 heteroatoms. The molecule has 0 aromatic carbocycles. The highest BCUT2D eigenvalue weighted by atomic mass is 16.2. The molecule has 0 radical (unpaired) electrons. The number of carbonyl (C=O) groups excluding carboxylic acids is 1. The molecule has 0 aromatic heterocycles. The summed E-state index contributed by atoms with van der Waals surface area (Å²) >= 11 is 0. The van der Waals surface area contributed by atoms with Crippen LogP contribution in [0, 0.1) is 11.8 Å². The highest BCUT2D eigenvalue weighted by Crippen LogP contribution is 2.16. The molecule has 2 N–H and O–H groups in total. The number of amides is 1. The fourth-order valence-corrected chi connectivity index (χ4v) is 1.54. The maximum Gasteiger partial charge on any atom is 0.224 e. The van der Waals surface area contributed by atoms with Gasteiger partial charge < -0.3 is 10.6 Å². The third-order valence-corrected chi connectivity index (χ3v) is 2.89. The van der Waals surface area contributed by atoms with Crippen LogP contribution in [0.4, 0.5) is 0 Å². The smallest absolute Gasteiger partial charge is 0.224 e. The van der Waals surface area contributed by atoms with Crippen molar-refractivity contribution in [2.75, 3.05) is 13.1 Å². The van der Waals surface area contributed by atoms with Crippen molar-refractivity contribution >= 4 is 5.91 Å². The predicted octanol–water partition coefficient (Wildman–Crippen LogP) is 0.838. The summed E-state index contributed by atoms with van der Waals surface area (Å²) in [7, 11) is 0. The van der Waals surface area contributed by atoms with Crippen molar-refractivity contribution in [3.05, 3.63) is 0 Å². The van der Waals surface area contributed by atoms with Crippen LogP contribution in [-0.2, 0) is 4.79 Å². The minimum Gasteiger partial charge on any atom is -0.341 e. The van der Waals surface area contributed by atoms with Gasteiger partial charge >= 0.3 is 0 Å². The van der Waals surface area contributed by atoms with Gasteiger partial charge in [-0.25, -0.2) is 0 Å². The van der Waals surface area contributed by atoms with Crippen LogP contribution >= 0.6 is 0 Å². The Hall–Kier alpha value is -0.570. The summed E-state index contributed by atoms with van der Waals surface area (Å²) in [6, 6.07) is 0.0619. The second-order valence-electron chi connectivity index (χ2n) is 4.48. The molecule has 13 heavy (non-hydrogen) atoms. The summed E-state index contributed by atoms with van der Waals surface area (Å²) in [5.41, 5.74) is 5.70. The quantitative estimate of drug-likeness (QED) is 0.706. The van der Waals surface area contributed by atoms with E-state index in [0.717, 1.165) is 13.1 Å². The average Bonchev–Trinajstić information content (AvgIpc) is 2.30. The second kappa shape index (κ2) is 4.09. The summed E-state index contributed by atoms with van der Waals surface area (Å²) in [5.74, 6) is 1.42. The normalized spacial score (nSPS) is 25.8. The van der Waals surface area contributed by atoms with Crippen molar-refractivity contribution in [3.63, 3.8) is 0 Å². The van der Waals surface area contributed by atoms with Crippen molar-refractivity contribution in [2.24, 2.45) is 17.6 Å². The zero-order chi connectivity index (χ0) is 10.0. The fourth-order valence-electron chi connectivity index (χ4n) is 1.54. The van der Waals surface area contributed by atoms with Crippen LogP contribution in [-0.4, -0.2) is 29.9 Å². The monoisotopic (exact) mass is 184 g/mol. The number of hydrogen-bond acceptors (Lipinski definition) is 2. The topological polar surface area (TPSA) is 46.3 Å². The van der Waals surface area contributed by atoms with E-state index < -0.39 is 0 Å². The molecule has 2 unspecified atom stereocenters. The van der Waals surface area contributed by atoms with Gasteiger partial charge in [-0.2, -0.15) is 0 Å². The van der Waals surface area contributed by atoms with Gasteiger partial charge in [0.1, 0.15) is 0 Å². The van der Waals surface area contributed by atoms with Crippen molar-refractivity contribution in [1.29, 1.82) is 0 Å². The first kappa shape index (κ1) is 10.5. The number of nitrogens with two attached hydrogens (primary N) is 1. The standard InChI is InChI=1S/C10H20N2O/c1-7(2)8(3)5-12-6-9(11)4-10(12)13/h7-9H,4-6,11H2,1-3H3. The molecule has 0 spiro atoms. The molecule has 0 saturated carbocycles. The fraction of sp³-hybridized carbons (Fsp3) is 0.900. The molecule has 1 fully saturated rings. The van der Waals surface area contributed by atoms with E-state index in [-0.39, 0.29) is 11.9 Å². The van der Waals surface area contributed by atoms with E-state index in [0.29, 0.717) is 18.3 Å². The maximum atomic E-state index is 11.4. The average molecular weight is 184 g/mol. The van der Waals surface area contributed by atoms with Crippen LogP contribution in [0.1, 0.15) is 27.2 Å². The van der Waals surface area contributed by atoms with E-state index in [1.54, 1.807) is 0 Å². The zero-order valence-corrected chi connectivity index (χ0v) is 8.79. The van der Waals surface area contributed by atoms with Crippen LogP contribution < -0.4 is 5.73 Å². The zero-order valence-electron chi connectivity index (χ0n) is 8.79.